The van der Waals surface area contributed by atoms with E-state index in [0.29, 0.717) is 17.7 Å². The van der Waals surface area contributed by atoms with Gasteiger partial charge in [-0.25, -0.2) is 0 Å². The molecule has 0 aliphatic carbocycles. The highest BCUT2D eigenvalue weighted by molar-refractivity contribution is 5.96. The standard InChI is InChI=1S/C14H18N2O4/c1-10-12(5-2-6-13(10)16(18)19)14(17)15-8-7-11-4-3-9-20-11/h2,5-6,11H,3-4,7-9H2,1H3,(H,15,17)/t11-/m1/s1. The molecule has 1 saturated heterocycles. The molecular formula is C14H18N2O4. The number of amides is 1. The van der Waals surface area contributed by atoms with Crippen LogP contribution in [0.25, 0.3) is 0 Å². The topological polar surface area (TPSA) is 81.5 Å². The van der Waals surface area contributed by atoms with Crippen molar-refractivity contribution in [1.82, 2.24) is 5.32 Å². The molecule has 1 fully saturated rings. The Labute approximate surface area is 117 Å². The van der Waals surface area contributed by atoms with Crippen LogP contribution in [-0.4, -0.2) is 30.1 Å². The van der Waals surface area contributed by atoms with Gasteiger partial charge in [0.25, 0.3) is 11.6 Å². The molecule has 1 aliphatic rings. The molecule has 108 valence electrons. The lowest BCUT2D eigenvalue weighted by Crippen LogP contribution is -2.27. The molecule has 1 heterocycles. The molecule has 0 unspecified atom stereocenters. The van der Waals surface area contributed by atoms with Gasteiger partial charge in [-0.15, -0.1) is 0 Å². The smallest absolute Gasteiger partial charge is 0.273 e. The maximum Gasteiger partial charge on any atom is 0.273 e. The van der Waals surface area contributed by atoms with Gasteiger partial charge in [0.1, 0.15) is 0 Å². The molecule has 1 aliphatic heterocycles. The minimum absolute atomic E-state index is 0.0308. The first-order chi connectivity index (χ1) is 9.59. The Bertz CT molecular complexity index is 510. The highest BCUT2D eigenvalue weighted by Gasteiger charge is 2.19. The number of nitro groups is 1. The monoisotopic (exact) mass is 278 g/mol. The third-order valence-corrected chi connectivity index (χ3v) is 3.52. The van der Waals surface area contributed by atoms with Crippen molar-refractivity contribution in [2.75, 3.05) is 13.2 Å². The van der Waals surface area contributed by atoms with Crippen LogP contribution >= 0.6 is 0 Å². The first kappa shape index (κ1) is 14.5. The summed E-state index contributed by atoms with van der Waals surface area (Å²) in [6.45, 7) is 2.90. The van der Waals surface area contributed by atoms with Crippen LogP contribution < -0.4 is 5.32 Å². The molecule has 1 amide bonds. The SMILES string of the molecule is Cc1c(C(=O)NCC[C@H]2CCCO2)cccc1[N+](=O)[O-]. The Morgan fingerprint density at radius 3 is 3.00 bits per heavy atom. The van der Waals surface area contributed by atoms with Crippen molar-refractivity contribution < 1.29 is 14.5 Å². The Balaban J connectivity index is 1.95. The van der Waals surface area contributed by atoms with Crippen molar-refractivity contribution in [1.29, 1.82) is 0 Å². The lowest BCUT2D eigenvalue weighted by Gasteiger charge is -2.11. The van der Waals surface area contributed by atoms with E-state index in [0.717, 1.165) is 25.9 Å². The summed E-state index contributed by atoms with van der Waals surface area (Å²) in [6.07, 6.45) is 3.11. The molecule has 0 bridgehead atoms. The summed E-state index contributed by atoms with van der Waals surface area (Å²) in [5, 5.41) is 13.6. The van der Waals surface area contributed by atoms with E-state index in [-0.39, 0.29) is 17.7 Å². The van der Waals surface area contributed by atoms with Gasteiger partial charge >= 0.3 is 0 Å². The van der Waals surface area contributed by atoms with E-state index in [4.69, 9.17) is 4.74 Å². The van der Waals surface area contributed by atoms with E-state index in [1.165, 1.54) is 12.1 Å². The largest absolute Gasteiger partial charge is 0.378 e. The van der Waals surface area contributed by atoms with Gasteiger partial charge in [-0.1, -0.05) is 6.07 Å². The summed E-state index contributed by atoms with van der Waals surface area (Å²) in [6, 6.07) is 4.53. The number of benzene rings is 1. The van der Waals surface area contributed by atoms with E-state index in [1.807, 2.05) is 0 Å². The summed E-state index contributed by atoms with van der Waals surface area (Å²) < 4.78 is 5.47. The van der Waals surface area contributed by atoms with E-state index in [1.54, 1.807) is 13.0 Å². The molecule has 0 saturated carbocycles. The lowest BCUT2D eigenvalue weighted by molar-refractivity contribution is -0.385. The zero-order valence-corrected chi connectivity index (χ0v) is 11.4. The predicted octanol–water partition coefficient (Wildman–Crippen LogP) is 2.20. The van der Waals surface area contributed by atoms with Crippen molar-refractivity contribution >= 4 is 11.6 Å². The second kappa shape index (κ2) is 6.47. The molecular weight excluding hydrogens is 260 g/mol. The second-order valence-electron chi connectivity index (χ2n) is 4.89. The molecule has 6 heteroatoms. The minimum atomic E-state index is -0.474. The van der Waals surface area contributed by atoms with Gasteiger partial charge in [-0.2, -0.15) is 0 Å². The highest BCUT2D eigenvalue weighted by Crippen LogP contribution is 2.21. The van der Waals surface area contributed by atoms with Gasteiger partial charge in [-0.3, -0.25) is 14.9 Å². The normalized spacial score (nSPS) is 17.9. The number of hydrogen-bond acceptors (Lipinski definition) is 4. The number of carbonyl (C=O) groups is 1. The zero-order valence-electron chi connectivity index (χ0n) is 11.4. The predicted molar refractivity (Wildman–Crippen MR) is 73.8 cm³/mol. The number of nitrogens with one attached hydrogen (secondary N) is 1. The number of nitrogens with zero attached hydrogens (tertiary/aromatic N) is 1. The fourth-order valence-corrected chi connectivity index (χ4v) is 2.38. The molecule has 20 heavy (non-hydrogen) atoms. The molecule has 6 nitrogen and oxygen atoms in total. The molecule has 0 aromatic heterocycles. The van der Waals surface area contributed by atoms with Crippen LogP contribution in [-0.2, 0) is 4.74 Å². The Morgan fingerprint density at radius 1 is 1.55 bits per heavy atom. The number of nitro benzene ring substituents is 1. The fourth-order valence-electron chi connectivity index (χ4n) is 2.38. The summed E-state index contributed by atoms with van der Waals surface area (Å²) in [4.78, 5) is 22.4. The molecule has 2 rings (SSSR count). The zero-order chi connectivity index (χ0) is 14.5. The third-order valence-electron chi connectivity index (χ3n) is 3.52. The van der Waals surface area contributed by atoms with Crippen molar-refractivity contribution in [2.45, 2.75) is 32.3 Å². The second-order valence-corrected chi connectivity index (χ2v) is 4.89. The van der Waals surface area contributed by atoms with Crippen molar-refractivity contribution in [2.24, 2.45) is 0 Å². The first-order valence-electron chi connectivity index (χ1n) is 6.73. The van der Waals surface area contributed by atoms with E-state index < -0.39 is 4.92 Å². The number of ether oxygens (including phenoxy) is 1. The van der Waals surface area contributed by atoms with Crippen LogP contribution in [0.15, 0.2) is 18.2 Å². The van der Waals surface area contributed by atoms with Gasteiger partial charge in [0.05, 0.1) is 11.0 Å². The molecule has 1 aromatic rings. The number of hydrogen-bond donors (Lipinski definition) is 1. The quantitative estimate of drug-likeness (QED) is 0.661. The average molecular weight is 278 g/mol. The average Bonchev–Trinajstić information content (AvgIpc) is 2.91. The number of carbonyl (C=O) groups excluding carboxylic acids is 1. The summed E-state index contributed by atoms with van der Waals surface area (Å²) in [5.41, 5.74) is 0.718. The van der Waals surface area contributed by atoms with Crippen LogP contribution in [0.5, 0.6) is 0 Å². The maximum atomic E-state index is 12.0. The molecule has 1 aromatic carbocycles. The molecule has 1 atom stereocenters. The van der Waals surface area contributed by atoms with E-state index >= 15 is 0 Å². The van der Waals surface area contributed by atoms with Gasteiger partial charge in [0.15, 0.2) is 0 Å². The molecule has 1 N–H and O–H groups in total. The Morgan fingerprint density at radius 2 is 2.35 bits per heavy atom. The van der Waals surface area contributed by atoms with Crippen molar-refractivity contribution in [3.05, 3.63) is 39.4 Å². The highest BCUT2D eigenvalue weighted by atomic mass is 16.6. The van der Waals surface area contributed by atoms with Gasteiger partial charge in [0, 0.05) is 30.3 Å². The van der Waals surface area contributed by atoms with Crippen molar-refractivity contribution in [3.63, 3.8) is 0 Å². The lowest BCUT2D eigenvalue weighted by atomic mass is 10.1. The summed E-state index contributed by atoms with van der Waals surface area (Å²) in [5.74, 6) is -0.274. The van der Waals surface area contributed by atoms with Crippen LogP contribution in [0.2, 0.25) is 0 Å². The molecule has 0 spiro atoms. The summed E-state index contributed by atoms with van der Waals surface area (Å²) >= 11 is 0. The Hall–Kier alpha value is -1.95. The Kier molecular flexibility index (Phi) is 4.68. The number of rotatable bonds is 5. The van der Waals surface area contributed by atoms with Gasteiger partial charge in [0.2, 0.25) is 0 Å². The van der Waals surface area contributed by atoms with Gasteiger partial charge in [-0.05, 0) is 32.3 Å². The minimum Gasteiger partial charge on any atom is -0.378 e. The van der Waals surface area contributed by atoms with Crippen molar-refractivity contribution in [3.8, 4) is 0 Å². The van der Waals surface area contributed by atoms with Crippen LogP contribution in [0.1, 0.15) is 35.2 Å². The van der Waals surface area contributed by atoms with E-state index in [9.17, 15) is 14.9 Å². The van der Waals surface area contributed by atoms with Crippen LogP contribution in [0.3, 0.4) is 0 Å². The van der Waals surface area contributed by atoms with Crippen LogP contribution in [0.4, 0.5) is 5.69 Å². The van der Waals surface area contributed by atoms with Crippen LogP contribution in [0, 0.1) is 17.0 Å². The first-order valence-corrected chi connectivity index (χ1v) is 6.73. The van der Waals surface area contributed by atoms with E-state index in [2.05, 4.69) is 5.32 Å². The van der Waals surface area contributed by atoms with Gasteiger partial charge < -0.3 is 10.1 Å². The maximum absolute atomic E-state index is 12.0. The fraction of sp³-hybridized carbons (Fsp3) is 0.500. The molecule has 0 radical (unpaired) electrons. The summed E-state index contributed by atoms with van der Waals surface area (Å²) in [7, 11) is 0. The third kappa shape index (κ3) is 3.33.